The summed E-state index contributed by atoms with van der Waals surface area (Å²) in [5, 5.41) is 0. The lowest BCUT2D eigenvalue weighted by Crippen LogP contribution is -2.27. The SMILES string of the molecule is CCCCCCCCCCCCCCCCCC(Br)(CCCCCCCCCCCCCCCCC)C(=O)Br. The summed E-state index contributed by atoms with van der Waals surface area (Å²) >= 11 is 7.14. The molecule has 0 fully saturated rings. The normalized spacial score (nSPS) is 11.9. The third kappa shape index (κ3) is 28.5. The Hall–Kier alpha value is 0.630. The zero-order chi connectivity index (χ0) is 28.7. The van der Waals surface area contributed by atoms with Crippen LogP contribution in [0.1, 0.15) is 219 Å². The lowest BCUT2D eigenvalue weighted by atomic mass is 9.95. The van der Waals surface area contributed by atoms with Crippen molar-refractivity contribution in [1.82, 2.24) is 0 Å². The van der Waals surface area contributed by atoms with Gasteiger partial charge in [-0.15, -0.1) is 0 Å². The molecular formula is C36H70Br2O. The number of hydrogen-bond acceptors (Lipinski definition) is 1. The highest BCUT2D eigenvalue weighted by atomic mass is 79.9. The predicted octanol–water partition coefficient (Wildman–Crippen LogP) is 14.6. The van der Waals surface area contributed by atoms with Crippen LogP contribution in [0.15, 0.2) is 0 Å². The van der Waals surface area contributed by atoms with Crippen molar-refractivity contribution in [3.8, 4) is 0 Å². The molecule has 39 heavy (non-hydrogen) atoms. The van der Waals surface area contributed by atoms with Crippen LogP contribution < -0.4 is 0 Å². The molecule has 0 saturated heterocycles. The minimum absolute atomic E-state index is 0.158. The van der Waals surface area contributed by atoms with E-state index in [-0.39, 0.29) is 9.02 Å². The van der Waals surface area contributed by atoms with Crippen molar-refractivity contribution in [3.63, 3.8) is 0 Å². The molecule has 0 aromatic carbocycles. The van der Waals surface area contributed by atoms with Gasteiger partial charge in [0.15, 0.2) is 0 Å². The van der Waals surface area contributed by atoms with Gasteiger partial charge in [0.2, 0.25) is 4.69 Å². The number of carbonyl (C=O) groups is 1. The Morgan fingerprint density at radius 1 is 0.385 bits per heavy atom. The fourth-order valence-corrected chi connectivity index (χ4v) is 6.83. The summed E-state index contributed by atoms with van der Waals surface area (Å²) < 4.78 is -0.175. The molecule has 0 N–H and O–H groups in total. The van der Waals surface area contributed by atoms with E-state index in [1.54, 1.807) is 0 Å². The first kappa shape index (κ1) is 39.6. The van der Waals surface area contributed by atoms with Crippen molar-refractivity contribution in [2.75, 3.05) is 0 Å². The molecule has 0 unspecified atom stereocenters. The van der Waals surface area contributed by atoms with E-state index in [0.717, 1.165) is 12.8 Å². The van der Waals surface area contributed by atoms with Crippen LogP contribution >= 0.6 is 31.9 Å². The number of alkyl halides is 1. The molecule has 0 aromatic heterocycles. The second-order valence-corrected chi connectivity index (χ2v) is 14.9. The van der Waals surface area contributed by atoms with E-state index in [1.165, 1.54) is 193 Å². The van der Waals surface area contributed by atoms with Crippen molar-refractivity contribution in [2.45, 2.75) is 224 Å². The number of halogens is 2. The molecule has 0 radical (unpaired) electrons. The van der Waals surface area contributed by atoms with Crippen molar-refractivity contribution >= 4 is 36.6 Å². The number of hydrogen-bond donors (Lipinski definition) is 0. The molecule has 0 aliphatic carbocycles. The largest absolute Gasteiger partial charge is 0.285 e. The van der Waals surface area contributed by atoms with E-state index >= 15 is 0 Å². The summed E-state index contributed by atoms with van der Waals surface area (Å²) in [7, 11) is 0. The van der Waals surface area contributed by atoms with Gasteiger partial charge in [-0.3, -0.25) is 4.79 Å². The average Bonchev–Trinajstić information content (AvgIpc) is 2.93. The molecule has 0 atom stereocenters. The Morgan fingerprint density at radius 2 is 0.564 bits per heavy atom. The third-order valence-corrected chi connectivity index (χ3v) is 11.1. The maximum absolute atomic E-state index is 12.3. The molecule has 3 heteroatoms. The fraction of sp³-hybridized carbons (Fsp3) is 0.972. The van der Waals surface area contributed by atoms with Gasteiger partial charge in [-0.25, -0.2) is 0 Å². The monoisotopic (exact) mass is 676 g/mol. The van der Waals surface area contributed by atoms with Crippen LogP contribution in [0.2, 0.25) is 0 Å². The zero-order valence-corrected chi connectivity index (χ0v) is 30.0. The van der Waals surface area contributed by atoms with Crippen LogP contribution in [0.5, 0.6) is 0 Å². The van der Waals surface area contributed by atoms with Crippen LogP contribution in [0, 0.1) is 0 Å². The lowest BCUT2D eigenvalue weighted by Gasteiger charge is -2.23. The van der Waals surface area contributed by atoms with Crippen molar-refractivity contribution < 1.29 is 4.79 Å². The van der Waals surface area contributed by atoms with E-state index in [4.69, 9.17) is 0 Å². The van der Waals surface area contributed by atoms with Crippen LogP contribution in [0.25, 0.3) is 0 Å². The average molecular weight is 679 g/mol. The first-order valence-electron chi connectivity index (χ1n) is 18.0. The first-order valence-corrected chi connectivity index (χ1v) is 19.5. The van der Waals surface area contributed by atoms with Crippen LogP contribution in [-0.4, -0.2) is 9.02 Å². The maximum atomic E-state index is 12.3. The van der Waals surface area contributed by atoms with Gasteiger partial charge in [0.05, 0.1) is 4.32 Å². The minimum atomic E-state index is -0.333. The summed E-state index contributed by atoms with van der Waals surface area (Å²) in [4.78, 5) is 12.3. The molecule has 0 rings (SSSR count). The molecule has 0 aliphatic heterocycles. The first-order chi connectivity index (χ1) is 19.1. The Balaban J connectivity index is 3.53. The molecule has 1 nitrogen and oxygen atoms in total. The summed E-state index contributed by atoms with van der Waals surface area (Å²) in [5.41, 5.74) is 0. The summed E-state index contributed by atoms with van der Waals surface area (Å²) in [5.74, 6) is 0. The molecule has 0 aliphatic rings. The third-order valence-electron chi connectivity index (χ3n) is 8.71. The molecule has 0 aromatic rings. The standard InChI is InChI=1S/C36H70Br2O/c1-3-5-7-9-11-13-15-17-19-21-23-25-27-29-31-33-36(38,35(37)39)34-32-30-28-26-24-22-20-18-16-14-12-10-8-6-4-2/h3-34H2,1-2H3. The van der Waals surface area contributed by atoms with E-state index in [0.29, 0.717) is 0 Å². The summed E-state index contributed by atoms with van der Waals surface area (Å²) in [6.07, 6.45) is 43.6. The van der Waals surface area contributed by atoms with Crippen molar-refractivity contribution in [2.24, 2.45) is 0 Å². The van der Waals surface area contributed by atoms with Crippen molar-refractivity contribution in [3.05, 3.63) is 0 Å². The summed E-state index contributed by atoms with van der Waals surface area (Å²) in [6, 6.07) is 0. The van der Waals surface area contributed by atoms with E-state index in [2.05, 4.69) is 45.7 Å². The number of rotatable bonds is 33. The van der Waals surface area contributed by atoms with Gasteiger partial charge in [-0.05, 0) is 28.8 Å². The smallest absolute Gasteiger partial charge is 0.214 e. The van der Waals surface area contributed by atoms with Gasteiger partial charge in [0.25, 0.3) is 0 Å². The minimum Gasteiger partial charge on any atom is -0.285 e. The molecule has 0 amide bonds. The fourth-order valence-electron chi connectivity index (χ4n) is 5.87. The second kappa shape index (κ2) is 31.6. The topological polar surface area (TPSA) is 17.1 Å². The predicted molar refractivity (Wildman–Crippen MR) is 185 cm³/mol. The molecule has 234 valence electrons. The molecule has 0 heterocycles. The highest BCUT2D eigenvalue weighted by Crippen LogP contribution is 2.35. The zero-order valence-electron chi connectivity index (χ0n) is 26.8. The summed E-state index contributed by atoms with van der Waals surface area (Å²) in [6.45, 7) is 4.59. The van der Waals surface area contributed by atoms with Crippen molar-refractivity contribution in [1.29, 1.82) is 0 Å². The Labute approximate surface area is 263 Å². The molecule has 0 spiro atoms. The van der Waals surface area contributed by atoms with E-state index in [9.17, 15) is 4.79 Å². The Morgan fingerprint density at radius 3 is 0.744 bits per heavy atom. The van der Waals surface area contributed by atoms with Gasteiger partial charge >= 0.3 is 0 Å². The number of carbonyl (C=O) groups excluding carboxylic acids is 1. The highest BCUT2D eigenvalue weighted by Gasteiger charge is 2.32. The van der Waals surface area contributed by atoms with Gasteiger partial charge < -0.3 is 0 Å². The van der Waals surface area contributed by atoms with E-state index < -0.39 is 0 Å². The molecule has 0 saturated carbocycles. The van der Waals surface area contributed by atoms with Crippen LogP contribution in [0.4, 0.5) is 0 Å². The maximum Gasteiger partial charge on any atom is 0.214 e. The van der Waals surface area contributed by atoms with Crippen LogP contribution in [0.3, 0.4) is 0 Å². The number of unbranched alkanes of at least 4 members (excludes halogenated alkanes) is 28. The Bertz CT molecular complexity index is 458. The Kier molecular flexibility index (Phi) is 32.1. The second-order valence-electron chi connectivity index (χ2n) is 12.6. The van der Waals surface area contributed by atoms with Gasteiger partial charge in [-0.2, -0.15) is 0 Å². The molecule has 0 bridgehead atoms. The highest BCUT2D eigenvalue weighted by molar-refractivity contribution is 9.20. The van der Waals surface area contributed by atoms with E-state index in [1.807, 2.05) is 0 Å². The van der Waals surface area contributed by atoms with Gasteiger partial charge in [0.1, 0.15) is 0 Å². The van der Waals surface area contributed by atoms with Gasteiger partial charge in [-0.1, -0.05) is 222 Å². The quantitative estimate of drug-likeness (QED) is 0.0384. The lowest BCUT2D eigenvalue weighted by molar-refractivity contribution is -0.112. The van der Waals surface area contributed by atoms with Crippen LogP contribution in [-0.2, 0) is 4.79 Å². The molecular weight excluding hydrogens is 608 g/mol. The van der Waals surface area contributed by atoms with Gasteiger partial charge in [0, 0.05) is 0 Å².